The molecule has 136 valence electrons. The van der Waals surface area contributed by atoms with Crippen molar-refractivity contribution in [1.29, 1.82) is 0 Å². The van der Waals surface area contributed by atoms with E-state index in [1.807, 2.05) is 72.0 Å². The second-order valence-corrected chi connectivity index (χ2v) is 7.56. The number of aryl methyl sites for hydroxylation is 2. The van der Waals surface area contributed by atoms with Crippen LogP contribution in [0.5, 0.6) is 0 Å². The fourth-order valence-electron chi connectivity index (χ4n) is 2.31. The van der Waals surface area contributed by atoms with Gasteiger partial charge in [0.25, 0.3) is 5.82 Å². The van der Waals surface area contributed by atoms with Gasteiger partial charge in [-0.2, -0.15) is 0 Å². The second kappa shape index (κ2) is 8.21. The number of aromatic nitrogens is 2. The highest BCUT2D eigenvalue weighted by Crippen LogP contribution is 2.21. The zero-order valence-electron chi connectivity index (χ0n) is 14.7. The average Bonchev–Trinajstić information content (AvgIpc) is 2.89. The molecule has 0 radical (unpaired) electrons. The van der Waals surface area contributed by atoms with E-state index in [0.29, 0.717) is 25.2 Å². The van der Waals surface area contributed by atoms with Crippen LogP contribution in [0.2, 0.25) is 0 Å². The summed E-state index contributed by atoms with van der Waals surface area (Å²) in [5, 5.41) is 8.52. The molecule has 0 aliphatic carbocycles. The minimum Gasteiger partial charge on any atom is -0.748 e. The van der Waals surface area contributed by atoms with Crippen LogP contribution in [0.4, 0.5) is 17.2 Å². The zero-order valence-corrected chi connectivity index (χ0v) is 15.5. The Kier molecular flexibility index (Phi) is 6.27. The average molecular weight is 365 g/mol. The van der Waals surface area contributed by atoms with Gasteiger partial charge in [0.2, 0.25) is 6.33 Å². The van der Waals surface area contributed by atoms with Gasteiger partial charge >= 0.3 is 0 Å². The molecule has 0 saturated heterocycles. The first-order valence-corrected chi connectivity index (χ1v) is 9.50. The summed E-state index contributed by atoms with van der Waals surface area (Å²) in [6, 6.07) is 7.73. The quantitative estimate of drug-likeness (QED) is 0.310. The summed E-state index contributed by atoms with van der Waals surface area (Å²) in [5.41, 5.74) is 1.83. The van der Waals surface area contributed by atoms with Gasteiger partial charge in [0.1, 0.15) is 0 Å². The molecule has 0 unspecified atom stereocenters. The van der Waals surface area contributed by atoms with E-state index in [4.69, 9.17) is 0 Å². The van der Waals surface area contributed by atoms with Crippen LogP contribution in [0.1, 0.15) is 12.8 Å². The van der Waals surface area contributed by atoms with E-state index < -0.39 is 10.1 Å². The summed E-state index contributed by atoms with van der Waals surface area (Å²) >= 11 is 0. The molecule has 0 aliphatic rings. The van der Waals surface area contributed by atoms with Crippen molar-refractivity contribution < 1.29 is 17.5 Å². The molecule has 0 aliphatic heterocycles. The number of anilines is 1. The van der Waals surface area contributed by atoms with Gasteiger partial charge in [-0.15, -0.1) is 10.2 Å². The minimum absolute atomic E-state index is 0.330. The Labute approximate surface area is 148 Å². The summed E-state index contributed by atoms with van der Waals surface area (Å²) in [7, 11) is 1.68. The van der Waals surface area contributed by atoms with Crippen LogP contribution < -0.4 is 9.47 Å². The van der Waals surface area contributed by atoms with Gasteiger partial charge in [-0.05, 0) is 37.1 Å². The highest BCUT2D eigenvalue weighted by atomic mass is 32.2. The Hall–Kier alpha value is -2.26. The highest BCUT2D eigenvalue weighted by molar-refractivity contribution is 7.85. The molecule has 0 fully saturated rings. The van der Waals surface area contributed by atoms with Crippen molar-refractivity contribution in [3.8, 4) is 0 Å². The molecule has 2 rings (SSSR count). The van der Waals surface area contributed by atoms with Gasteiger partial charge < -0.3 is 9.45 Å². The van der Waals surface area contributed by atoms with Crippen LogP contribution in [-0.4, -0.2) is 37.4 Å². The largest absolute Gasteiger partial charge is 0.748 e. The maximum atomic E-state index is 10.6. The zero-order chi connectivity index (χ0) is 18.4. The number of nitrogens with zero attached hydrogens (tertiary/aromatic N) is 5. The van der Waals surface area contributed by atoms with E-state index in [-0.39, 0.29) is 5.75 Å². The van der Waals surface area contributed by atoms with Gasteiger partial charge in [-0.1, -0.05) is 0 Å². The third-order valence-corrected chi connectivity index (χ3v) is 4.40. The summed E-state index contributed by atoms with van der Waals surface area (Å²) < 4.78 is 35.6. The van der Waals surface area contributed by atoms with Gasteiger partial charge in [0.15, 0.2) is 6.20 Å². The van der Waals surface area contributed by atoms with E-state index in [9.17, 15) is 13.0 Å². The monoisotopic (exact) mass is 365 g/mol. The van der Waals surface area contributed by atoms with Gasteiger partial charge in [-0.3, -0.25) is 0 Å². The van der Waals surface area contributed by atoms with Crippen LogP contribution in [0.15, 0.2) is 47.0 Å². The number of benzene rings is 1. The molecular formula is C16H23N5O3S. The van der Waals surface area contributed by atoms with Crippen molar-refractivity contribution in [3.05, 3.63) is 36.8 Å². The fourth-order valence-corrected chi connectivity index (χ4v) is 2.87. The molecule has 0 bridgehead atoms. The number of azo groups is 1. The van der Waals surface area contributed by atoms with Crippen LogP contribution in [-0.2, 0) is 23.7 Å². The van der Waals surface area contributed by atoms with Crippen molar-refractivity contribution in [2.45, 2.75) is 19.4 Å². The first-order chi connectivity index (χ1) is 11.7. The van der Waals surface area contributed by atoms with Crippen LogP contribution in [0, 0.1) is 0 Å². The molecule has 0 spiro atoms. The Morgan fingerprint density at radius 1 is 1.16 bits per heavy atom. The Morgan fingerprint density at radius 3 is 2.44 bits per heavy atom. The molecule has 2 aromatic rings. The van der Waals surface area contributed by atoms with Gasteiger partial charge in [0, 0.05) is 25.5 Å². The van der Waals surface area contributed by atoms with E-state index >= 15 is 0 Å². The Morgan fingerprint density at radius 2 is 1.84 bits per heavy atom. The summed E-state index contributed by atoms with van der Waals surface area (Å²) in [5.74, 6) is 0.333. The third-order valence-electron chi connectivity index (χ3n) is 3.61. The lowest BCUT2D eigenvalue weighted by molar-refractivity contribution is -0.670. The van der Waals surface area contributed by atoms with E-state index in [1.54, 1.807) is 0 Å². The topological polar surface area (TPSA) is 94.0 Å². The predicted molar refractivity (Wildman–Crippen MR) is 94.4 cm³/mol. The van der Waals surface area contributed by atoms with E-state index in [0.717, 1.165) is 11.4 Å². The van der Waals surface area contributed by atoms with Crippen LogP contribution in [0.3, 0.4) is 0 Å². The standard InChI is InChI=1S/C16H23N5O3S/c1-19(2)15-8-6-14(7-9-15)17-18-16-12-20(3)13-21(16)10-4-5-11-25(22,23)24/h6-9,12-13H,4-5,10-11H2,1-3H3. The summed E-state index contributed by atoms with van der Waals surface area (Å²) in [4.78, 5) is 2.01. The SMILES string of the molecule is CN(C)c1ccc(N=Nc2c[n+](C)cn2CCCCS(=O)(=O)[O-])cc1. The molecule has 9 heteroatoms. The first-order valence-electron chi connectivity index (χ1n) is 7.93. The van der Waals surface area contributed by atoms with E-state index in [1.165, 1.54) is 0 Å². The maximum Gasteiger partial charge on any atom is 0.279 e. The van der Waals surface area contributed by atoms with Gasteiger partial charge in [0.05, 0.1) is 29.4 Å². The molecule has 25 heavy (non-hydrogen) atoms. The molecule has 0 saturated carbocycles. The lowest BCUT2D eigenvalue weighted by Gasteiger charge is -2.11. The number of imidazole rings is 1. The molecule has 8 nitrogen and oxygen atoms in total. The fraction of sp³-hybridized carbons (Fsp3) is 0.438. The van der Waals surface area contributed by atoms with Crippen molar-refractivity contribution >= 4 is 27.3 Å². The second-order valence-electron chi connectivity index (χ2n) is 6.04. The number of rotatable bonds is 8. The maximum absolute atomic E-state index is 10.6. The predicted octanol–water partition coefficient (Wildman–Crippen LogP) is 2.12. The number of hydrogen-bond acceptors (Lipinski definition) is 6. The van der Waals surface area contributed by atoms with Crippen LogP contribution >= 0.6 is 0 Å². The number of unbranched alkanes of at least 4 members (excludes halogenated alkanes) is 1. The molecule has 0 N–H and O–H groups in total. The molecule has 0 atom stereocenters. The molecule has 1 heterocycles. The van der Waals surface area contributed by atoms with Crippen molar-refractivity contribution in [1.82, 2.24) is 4.57 Å². The van der Waals surface area contributed by atoms with Gasteiger partial charge in [-0.25, -0.2) is 17.6 Å². The minimum atomic E-state index is -4.15. The lowest BCUT2D eigenvalue weighted by Crippen LogP contribution is -2.23. The summed E-state index contributed by atoms with van der Waals surface area (Å²) in [6.45, 7) is 0.574. The smallest absolute Gasteiger partial charge is 0.279 e. The molecule has 1 aromatic carbocycles. The number of hydrogen-bond donors (Lipinski definition) is 0. The highest BCUT2D eigenvalue weighted by Gasteiger charge is 2.11. The Balaban J connectivity index is 2.01. The lowest BCUT2D eigenvalue weighted by atomic mass is 10.3. The molecular weight excluding hydrogens is 342 g/mol. The summed E-state index contributed by atoms with van der Waals surface area (Å²) in [6.07, 6.45) is 4.60. The molecule has 1 aromatic heterocycles. The Bertz CT molecular complexity index is 826. The van der Waals surface area contributed by atoms with Crippen LogP contribution in [0.25, 0.3) is 0 Å². The molecule has 0 amide bonds. The van der Waals surface area contributed by atoms with Crippen molar-refractivity contribution in [2.24, 2.45) is 17.3 Å². The van der Waals surface area contributed by atoms with E-state index in [2.05, 4.69) is 10.2 Å². The van der Waals surface area contributed by atoms with Crippen molar-refractivity contribution in [2.75, 3.05) is 24.7 Å². The van der Waals surface area contributed by atoms with Crippen molar-refractivity contribution in [3.63, 3.8) is 0 Å². The normalized spacial score (nSPS) is 12.0. The third kappa shape index (κ3) is 6.28. The first kappa shape index (κ1) is 19.1.